The van der Waals surface area contributed by atoms with Crippen molar-refractivity contribution in [1.82, 2.24) is 5.43 Å². The van der Waals surface area contributed by atoms with Crippen molar-refractivity contribution in [1.29, 1.82) is 0 Å². The van der Waals surface area contributed by atoms with Gasteiger partial charge in [0.25, 0.3) is 0 Å². The number of hydrazine groups is 1. The molecule has 0 unspecified atom stereocenters. The molecular weight excluding hydrogens is 345 g/mol. The number of hydrogen-bond donors (Lipinski definition) is 3. The molecule has 5 nitrogen and oxygen atoms in total. The van der Waals surface area contributed by atoms with Gasteiger partial charge in [-0.25, -0.2) is 5.84 Å². The van der Waals surface area contributed by atoms with Crippen LogP contribution in [0.5, 0.6) is 5.75 Å². The summed E-state index contributed by atoms with van der Waals surface area (Å²) in [4.78, 5) is 0. The monoisotopic (exact) mass is 358 g/mol. The Morgan fingerprint density at radius 1 is 1.21 bits per heavy atom. The Morgan fingerprint density at radius 2 is 1.96 bits per heavy atom. The first-order valence-electron chi connectivity index (χ1n) is 6.68. The van der Waals surface area contributed by atoms with Crippen molar-refractivity contribution in [2.24, 2.45) is 16.8 Å². The molecule has 0 radical (unpaired) electrons. The number of nitrogens with two attached hydrogens (primary N) is 2. The summed E-state index contributed by atoms with van der Waals surface area (Å²) in [6.07, 6.45) is -4.56. The van der Waals surface area contributed by atoms with Crippen LogP contribution in [0, 0.1) is 0 Å². The molecule has 0 heterocycles. The van der Waals surface area contributed by atoms with Crippen molar-refractivity contribution < 1.29 is 17.9 Å². The average molecular weight is 359 g/mol. The fourth-order valence-corrected chi connectivity index (χ4v) is 2.19. The van der Waals surface area contributed by atoms with Crippen LogP contribution < -0.4 is 21.8 Å². The highest BCUT2D eigenvalue weighted by molar-refractivity contribution is 6.30. The molecule has 2 rings (SSSR count). The highest BCUT2D eigenvalue weighted by Gasteiger charge is 2.34. The van der Waals surface area contributed by atoms with Gasteiger partial charge in [0.1, 0.15) is 12.4 Å². The molecule has 0 atom stereocenters. The SMILES string of the molecule is N/N=C(\NN)c1cccc(COc2ccc(Cl)cc2C(F)(F)F)c1. The maximum atomic E-state index is 13.0. The van der Waals surface area contributed by atoms with Crippen LogP contribution in [-0.4, -0.2) is 5.84 Å². The molecule has 0 saturated carbocycles. The van der Waals surface area contributed by atoms with Crippen molar-refractivity contribution in [2.45, 2.75) is 12.8 Å². The minimum atomic E-state index is -4.56. The maximum absolute atomic E-state index is 13.0. The zero-order valence-corrected chi connectivity index (χ0v) is 13.0. The average Bonchev–Trinajstić information content (AvgIpc) is 2.54. The van der Waals surface area contributed by atoms with Gasteiger partial charge in [0.15, 0.2) is 5.84 Å². The highest BCUT2D eigenvalue weighted by Crippen LogP contribution is 2.38. The predicted molar refractivity (Wildman–Crippen MR) is 85.3 cm³/mol. The fraction of sp³-hybridized carbons (Fsp3) is 0.133. The van der Waals surface area contributed by atoms with E-state index in [1.807, 2.05) is 0 Å². The second kappa shape index (κ2) is 7.41. The molecule has 0 aliphatic rings. The molecule has 0 saturated heterocycles. The molecule has 128 valence electrons. The van der Waals surface area contributed by atoms with E-state index >= 15 is 0 Å². The molecule has 2 aromatic carbocycles. The van der Waals surface area contributed by atoms with E-state index in [0.29, 0.717) is 11.1 Å². The molecule has 0 bridgehead atoms. The van der Waals surface area contributed by atoms with Gasteiger partial charge in [0.05, 0.1) is 5.56 Å². The highest BCUT2D eigenvalue weighted by atomic mass is 35.5. The van der Waals surface area contributed by atoms with Crippen LogP contribution in [0.15, 0.2) is 47.6 Å². The van der Waals surface area contributed by atoms with E-state index in [2.05, 4.69) is 10.5 Å². The lowest BCUT2D eigenvalue weighted by atomic mass is 10.1. The van der Waals surface area contributed by atoms with Gasteiger partial charge in [-0.15, -0.1) is 0 Å². The summed E-state index contributed by atoms with van der Waals surface area (Å²) < 4.78 is 44.4. The van der Waals surface area contributed by atoms with Crippen LogP contribution in [0.4, 0.5) is 13.2 Å². The summed E-state index contributed by atoms with van der Waals surface area (Å²) in [5, 5.41) is 3.45. The largest absolute Gasteiger partial charge is 0.488 e. The van der Waals surface area contributed by atoms with E-state index in [9.17, 15) is 13.2 Å². The minimum absolute atomic E-state index is 0.0190. The van der Waals surface area contributed by atoms with Crippen LogP contribution in [0.2, 0.25) is 5.02 Å². The van der Waals surface area contributed by atoms with Crippen LogP contribution in [0.25, 0.3) is 0 Å². The molecule has 5 N–H and O–H groups in total. The van der Waals surface area contributed by atoms with Crippen LogP contribution in [0.1, 0.15) is 16.7 Å². The van der Waals surface area contributed by atoms with Gasteiger partial charge in [-0.05, 0) is 29.8 Å². The van der Waals surface area contributed by atoms with Gasteiger partial charge in [-0.3, -0.25) is 0 Å². The summed E-state index contributed by atoms with van der Waals surface area (Å²) in [6.45, 7) is -0.0824. The Balaban J connectivity index is 2.22. The normalized spacial score (nSPS) is 12.1. The van der Waals surface area contributed by atoms with Crippen LogP contribution >= 0.6 is 11.6 Å². The van der Waals surface area contributed by atoms with Gasteiger partial charge < -0.3 is 16.0 Å². The summed E-state index contributed by atoms with van der Waals surface area (Å²) in [6, 6.07) is 10.1. The van der Waals surface area contributed by atoms with E-state index < -0.39 is 11.7 Å². The molecule has 9 heteroatoms. The van der Waals surface area contributed by atoms with Crippen molar-refractivity contribution in [3.8, 4) is 5.75 Å². The van der Waals surface area contributed by atoms with E-state index in [0.717, 1.165) is 6.07 Å². The number of amidine groups is 1. The Hall–Kier alpha value is -2.45. The van der Waals surface area contributed by atoms with E-state index in [1.165, 1.54) is 12.1 Å². The number of halogens is 4. The van der Waals surface area contributed by atoms with E-state index in [1.54, 1.807) is 24.3 Å². The number of alkyl halides is 3. The van der Waals surface area contributed by atoms with Crippen LogP contribution in [-0.2, 0) is 12.8 Å². The molecule has 0 spiro atoms. The number of nitrogens with zero attached hydrogens (tertiary/aromatic N) is 1. The van der Waals surface area contributed by atoms with E-state index in [-0.39, 0.29) is 23.2 Å². The first-order valence-corrected chi connectivity index (χ1v) is 7.06. The Labute approximate surface area is 141 Å². The Morgan fingerprint density at radius 3 is 2.58 bits per heavy atom. The second-order valence-corrected chi connectivity index (χ2v) is 5.19. The zero-order chi connectivity index (χ0) is 17.7. The smallest absolute Gasteiger partial charge is 0.420 e. The number of hydrazone groups is 1. The molecule has 0 amide bonds. The molecule has 2 aromatic rings. The number of rotatable bonds is 4. The summed E-state index contributed by atoms with van der Waals surface area (Å²) in [5.41, 5.74) is 2.59. The minimum Gasteiger partial charge on any atom is -0.488 e. The number of nitrogens with one attached hydrogen (secondary N) is 1. The maximum Gasteiger partial charge on any atom is 0.420 e. The lowest BCUT2D eigenvalue weighted by Crippen LogP contribution is -2.32. The molecule has 0 fully saturated rings. The topological polar surface area (TPSA) is 85.7 Å². The lowest BCUT2D eigenvalue weighted by Gasteiger charge is -2.14. The van der Waals surface area contributed by atoms with Crippen molar-refractivity contribution >= 4 is 17.4 Å². The molecule has 0 aliphatic carbocycles. The lowest BCUT2D eigenvalue weighted by molar-refractivity contribution is -0.139. The number of ether oxygens (including phenoxy) is 1. The molecular formula is C15H14ClF3N4O. The van der Waals surface area contributed by atoms with Gasteiger partial charge in [-0.2, -0.15) is 18.3 Å². The third kappa shape index (κ3) is 4.30. The van der Waals surface area contributed by atoms with Crippen molar-refractivity contribution in [2.75, 3.05) is 0 Å². The van der Waals surface area contributed by atoms with Crippen molar-refractivity contribution in [3.05, 3.63) is 64.2 Å². The van der Waals surface area contributed by atoms with Gasteiger partial charge in [0.2, 0.25) is 0 Å². The number of hydrogen-bond acceptors (Lipinski definition) is 4. The van der Waals surface area contributed by atoms with Crippen LogP contribution in [0.3, 0.4) is 0 Å². The van der Waals surface area contributed by atoms with Gasteiger partial charge in [-0.1, -0.05) is 29.8 Å². The second-order valence-electron chi connectivity index (χ2n) is 4.75. The Bertz CT molecular complexity index is 750. The zero-order valence-electron chi connectivity index (χ0n) is 12.3. The number of benzene rings is 2. The molecule has 0 aromatic heterocycles. The Kier molecular flexibility index (Phi) is 5.53. The summed E-state index contributed by atoms with van der Waals surface area (Å²) >= 11 is 5.63. The molecule has 0 aliphatic heterocycles. The standard InChI is InChI=1S/C15H14ClF3N4O/c16-11-4-5-13(12(7-11)15(17,18)19)24-8-9-2-1-3-10(6-9)14(22-20)23-21/h1-7H,8,20-21H2,(H,22,23). The quantitative estimate of drug-likeness (QED) is 0.339. The summed E-state index contributed by atoms with van der Waals surface area (Å²) in [5.74, 6) is 10.4. The third-order valence-corrected chi connectivity index (χ3v) is 3.34. The van der Waals surface area contributed by atoms with E-state index in [4.69, 9.17) is 28.0 Å². The van der Waals surface area contributed by atoms with Gasteiger partial charge in [0, 0.05) is 10.6 Å². The predicted octanol–water partition coefficient (Wildman–Crippen LogP) is 3.02. The first kappa shape index (κ1) is 17.9. The van der Waals surface area contributed by atoms with Crippen molar-refractivity contribution in [3.63, 3.8) is 0 Å². The first-order chi connectivity index (χ1) is 11.3. The third-order valence-electron chi connectivity index (χ3n) is 3.11. The fourth-order valence-electron chi connectivity index (χ4n) is 2.01. The summed E-state index contributed by atoms with van der Waals surface area (Å²) in [7, 11) is 0. The van der Waals surface area contributed by atoms with Gasteiger partial charge >= 0.3 is 6.18 Å². The molecule has 24 heavy (non-hydrogen) atoms.